The SMILES string of the molecule is Cl.Cl.O=C(CN1CC[C@@H](O)[C@@]2(CCCNC2=O)C1)N1CCNCC1. The third-order valence-corrected chi connectivity index (χ3v) is 5.23. The van der Waals surface area contributed by atoms with Crippen LogP contribution in [0.25, 0.3) is 0 Å². The number of hydrogen-bond acceptors (Lipinski definition) is 5. The molecule has 2 amide bonds. The van der Waals surface area contributed by atoms with Crippen molar-refractivity contribution in [2.75, 3.05) is 52.4 Å². The van der Waals surface area contributed by atoms with Gasteiger partial charge in [-0.25, -0.2) is 0 Å². The zero-order valence-electron chi connectivity index (χ0n) is 13.8. The van der Waals surface area contributed by atoms with Crippen LogP contribution < -0.4 is 10.6 Å². The highest BCUT2D eigenvalue weighted by Gasteiger charge is 2.49. The predicted octanol–water partition coefficient (Wildman–Crippen LogP) is -0.775. The molecule has 0 saturated carbocycles. The van der Waals surface area contributed by atoms with E-state index in [1.807, 2.05) is 9.80 Å². The van der Waals surface area contributed by atoms with Crippen LogP contribution in [0.2, 0.25) is 0 Å². The summed E-state index contributed by atoms with van der Waals surface area (Å²) in [4.78, 5) is 28.6. The lowest BCUT2D eigenvalue weighted by Gasteiger charge is -2.47. The molecule has 1 spiro atoms. The van der Waals surface area contributed by atoms with Crippen LogP contribution in [0.1, 0.15) is 19.3 Å². The summed E-state index contributed by atoms with van der Waals surface area (Å²) in [6.45, 7) is 5.38. The van der Waals surface area contributed by atoms with Crippen molar-refractivity contribution in [3.05, 3.63) is 0 Å². The van der Waals surface area contributed by atoms with Crippen LogP contribution in [0.5, 0.6) is 0 Å². The monoisotopic (exact) mass is 382 g/mol. The number of hydrogen-bond donors (Lipinski definition) is 3. The molecule has 3 aliphatic rings. The van der Waals surface area contributed by atoms with Crippen LogP contribution in [-0.4, -0.2) is 85.2 Å². The van der Waals surface area contributed by atoms with Crippen molar-refractivity contribution in [2.45, 2.75) is 25.4 Å². The highest BCUT2D eigenvalue weighted by atomic mass is 35.5. The van der Waals surface area contributed by atoms with E-state index in [2.05, 4.69) is 10.6 Å². The molecule has 3 saturated heterocycles. The van der Waals surface area contributed by atoms with Gasteiger partial charge in [-0.2, -0.15) is 0 Å². The number of halogens is 2. The van der Waals surface area contributed by atoms with Crippen molar-refractivity contribution >= 4 is 36.6 Å². The molecule has 3 N–H and O–H groups in total. The number of carbonyl (C=O) groups is 2. The van der Waals surface area contributed by atoms with Gasteiger partial charge in [-0.1, -0.05) is 0 Å². The van der Waals surface area contributed by atoms with Gasteiger partial charge in [0.05, 0.1) is 18.1 Å². The molecule has 3 aliphatic heterocycles. The second-order valence-electron chi connectivity index (χ2n) is 6.66. The molecule has 7 nitrogen and oxygen atoms in total. The van der Waals surface area contributed by atoms with E-state index in [4.69, 9.17) is 0 Å². The number of piperidine rings is 2. The Balaban J connectivity index is 0.00000144. The van der Waals surface area contributed by atoms with E-state index in [1.54, 1.807) is 0 Å². The van der Waals surface area contributed by atoms with Gasteiger partial charge in [0.25, 0.3) is 0 Å². The van der Waals surface area contributed by atoms with Crippen LogP contribution in [0, 0.1) is 5.41 Å². The van der Waals surface area contributed by atoms with Crippen molar-refractivity contribution in [1.29, 1.82) is 0 Å². The minimum absolute atomic E-state index is 0. The van der Waals surface area contributed by atoms with Crippen molar-refractivity contribution in [3.63, 3.8) is 0 Å². The van der Waals surface area contributed by atoms with E-state index in [-0.39, 0.29) is 36.6 Å². The van der Waals surface area contributed by atoms with Gasteiger partial charge >= 0.3 is 0 Å². The molecule has 0 unspecified atom stereocenters. The molecule has 0 aromatic heterocycles. The zero-order chi connectivity index (χ0) is 15.6. The maximum atomic E-state index is 12.4. The van der Waals surface area contributed by atoms with Crippen LogP contribution in [-0.2, 0) is 9.59 Å². The van der Waals surface area contributed by atoms with Gasteiger partial charge in [0.2, 0.25) is 11.8 Å². The number of aliphatic hydroxyl groups is 1. The third kappa shape index (κ3) is 4.32. The van der Waals surface area contributed by atoms with Gasteiger partial charge < -0.3 is 20.6 Å². The van der Waals surface area contributed by atoms with E-state index >= 15 is 0 Å². The fourth-order valence-electron chi connectivity index (χ4n) is 3.87. The van der Waals surface area contributed by atoms with Crippen molar-refractivity contribution in [2.24, 2.45) is 5.41 Å². The molecule has 3 fully saturated rings. The topological polar surface area (TPSA) is 84.9 Å². The molecule has 2 atom stereocenters. The number of rotatable bonds is 2. The van der Waals surface area contributed by atoms with E-state index in [0.717, 1.165) is 32.6 Å². The molecule has 0 aromatic rings. The summed E-state index contributed by atoms with van der Waals surface area (Å²) in [6.07, 6.45) is 1.56. The first kappa shape index (κ1) is 21.4. The Bertz CT molecular complexity index is 448. The highest BCUT2D eigenvalue weighted by molar-refractivity contribution is 5.86. The number of nitrogens with one attached hydrogen (secondary N) is 2. The molecule has 140 valence electrons. The third-order valence-electron chi connectivity index (χ3n) is 5.23. The second-order valence-corrected chi connectivity index (χ2v) is 6.66. The van der Waals surface area contributed by atoms with Crippen molar-refractivity contribution in [3.8, 4) is 0 Å². The smallest absolute Gasteiger partial charge is 0.236 e. The number of nitrogens with zero attached hydrogens (tertiary/aromatic N) is 2. The lowest BCUT2D eigenvalue weighted by Crippen LogP contribution is -2.62. The van der Waals surface area contributed by atoms with Crippen molar-refractivity contribution < 1.29 is 14.7 Å². The van der Waals surface area contributed by atoms with E-state index in [1.165, 1.54) is 0 Å². The minimum Gasteiger partial charge on any atom is -0.392 e. The number of amides is 2. The number of carbonyl (C=O) groups excluding carboxylic acids is 2. The average molecular weight is 383 g/mol. The molecule has 0 aliphatic carbocycles. The molecule has 0 radical (unpaired) electrons. The van der Waals surface area contributed by atoms with Gasteiger partial charge in [0.15, 0.2) is 0 Å². The minimum atomic E-state index is -0.722. The summed E-state index contributed by atoms with van der Waals surface area (Å²) in [6, 6.07) is 0. The summed E-state index contributed by atoms with van der Waals surface area (Å²) in [5, 5.41) is 16.5. The zero-order valence-corrected chi connectivity index (χ0v) is 15.5. The molecule has 0 bridgehead atoms. The molecular formula is C15H28Cl2N4O3. The molecule has 3 heterocycles. The Morgan fingerprint density at radius 2 is 1.92 bits per heavy atom. The van der Waals surface area contributed by atoms with Gasteiger partial charge in [-0.3, -0.25) is 14.5 Å². The number of likely N-dealkylation sites (tertiary alicyclic amines) is 1. The maximum Gasteiger partial charge on any atom is 0.236 e. The highest BCUT2D eigenvalue weighted by Crippen LogP contribution is 2.37. The summed E-state index contributed by atoms with van der Waals surface area (Å²) in [7, 11) is 0. The lowest BCUT2D eigenvalue weighted by atomic mass is 9.71. The first-order valence-electron chi connectivity index (χ1n) is 8.29. The van der Waals surface area contributed by atoms with Crippen LogP contribution >= 0.6 is 24.8 Å². The Kier molecular flexibility index (Phi) is 8.22. The normalized spacial score (nSPS) is 31.0. The molecule has 0 aromatic carbocycles. The maximum absolute atomic E-state index is 12.4. The van der Waals surface area contributed by atoms with E-state index in [0.29, 0.717) is 39.0 Å². The first-order chi connectivity index (χ1) is 10.6. The molecular weight excluding hydrogens is 355 g/mol. The Morgan fingerprint density at radius 1 is 1.21 bits per heavy atom. The number of piperazine rings is 1. The van der Waals surface area contributed by atoms with Crippen LogP contribution in [0.4, 0.5) is 0 Å². The average Bonchev–Trinajstić information content (AvgIpc) is 2.54. The van der Waals surface area contributed by atoms with E-state index in [9.17, 15) is 14.7 Å². The Labute approximate surface area is 155 Å². The Hall–Kier alpha value is -0.600. The van der Waals surface area contributed by atoms with Gasteiger partial charge in [0, 0.05) is 45.8 Å². The standard InChI is InChI=1S/C15H26N4O3.2ClH/c20-12-2-7-18(10-13(21)19-8-5-16-6-9-19)11-15(12)3-1-4-17-14(15)22;;/h12,16,20H,1-11H2,(H,17,22);2*1H/t12-,15-;;/m1../s1. The fourth-order valence-corrected chi connectivity index (χ4v) is 3.87. The van der Waals surface area contributed by atoms with Gasteiger partial charge in [-0.15, -0.1) is 24.8 Å². The summed E-state index contributed by atoms with van der Waals surface area (Å²) in [5.74, 6) is 0.0785. The van der Waals surface area contributed by atoms with Crippen molar-refractivity contribution in [1.82, 2.24) is 20.4 Å². The Morgan fingerprint density at radius 3 is 2.58 bits per heavy atom. The quantitative estimate of drug-likeness (QED) is 0.583. The van der Waals surface area contributed by atoms with Gasteiger partial charge in [-0.05, 0) is 19.3 Å². The molecule has 9 heteroatoms. The fraction of sp³-hybridized carbons (Fsp3) is 0.867. The molecule has 3 rings (SSSR count). The van der Waals surface area contributed by atoms with Crippen LogP contribution in [0.15, 0.2) is 0 Å². The van der Waals surface area contributed by atoms with Crippen LogP contribution in [0.3, 0.4) is 0 Å². The van der Waals surface area contributed by atoms with Gasteiger partial charge in [0.1, 0.15) is 0 Å². The lowest BCUT2D eigenvalue weighted by molar-refractivity contribution is -0.151. The van der Waals surface area contributed by atoms with E-state index < -0.39 is 11.5 Å². The molecule has 24 heavy (non-hydrogen) atoms. The second kappa shape index (κ2) is 9.20. The predicted molar refractivity (Wildman–Crippen MR) is 95.7 cm³/mol. The summed E-state index contributed by atoms with van der Waals surface area (Å²) in [5.41, 5.74) is -0.722. The summed E-state index contributed by atoms with van der Waals surface area (Å²) < 4.78 is 0. The summed E-state index contributed by atoms with van der Waals surface area (Å²) >= 11 is 0. The number of aliphatic hydroxyl groups excluding tert-OH is 1. The first-order valence-corrected chi connectivity index (χ1v) is 8.29. The largest absolute Gasteiger partial charge is 0.392 e.